The molecule has 0 aliphatic carbocycles. The molecule has 2 N–H and O–H groups in total. The van der Waals surface area contributed by atoms with Crippen molar-refractivity contribution in [2.45, 2.75) is 32.6 Å². The SMILES string of the molecule is CC(C)NCc1ccc(C(F)(F)F)c(O)c1. The summed E-state index contributed by atoms with van der Waals surface area (Å²) in [6.45, 7) is 4.30. The van der Waals surface area contributed by atoms with E-state index in [1.165, 1.54) is 6.07 Å². The smallest absolute Gasteiger partial charge is 0.419 e. The largest absolute Gasteiger partial charge is 0.507 e. The second kappa shape index (κ2) is 4.74. The Morgan fingerprint density at radius 2 is 1.94 bits per heavy atom. The summed E-state index contributed by atoms with van der Waals surface area (Å²) in [7, 11) is 0. The first-order valence-corrected chi connectivity index (χ1v) is 4.93. The van der Waals surface area contributed by atoms with E-state index >= 15 is 0 Å². The minimum atomic E-state index is -4.51. The van der Waals surface area contributed by atoms with Gasteiger partial charge in [0.2, 0.25) is 0 Å². The van der Waals surface area contributed by atoms with Crippen molar-refractivity contribution in [2.24, 2.45) is 0 Å². The van der Waals surface area contributed by atoms with Crippen LogP contribution in [0.25, 0.3) is 0 Å². The summed E-state index contributed by atoms with van der Waals surface area (Å²) in [5.74, 6) is -0.726. The van der Waals surface area contributed by atoms with E-state index in [2.05, 4.69) is 5.32 Å². The number of alkyl halides is 3. The normalized spacial score (nSPS) is 12.1. The Bertz CT molecular complexity index is 361. The van der Waals surface area contributed by atoms with Crippen molar-refractivity contribution >= 4 is 0 Å². The van der Waals surface area contributed by atoms with Crippen LogP contribution in [0.15, 0.2) is 18.2 Å². The molecule has 0 saturated carbocycles. The number of nitrogens with one attached hydrogen (secondary N) is 1. The van der Waals surface area contributed by atoms with Crippen LogP contribution in [-0.4, -0.2) is 11.1 Å². The van der Waals surface area contributed by atoms with E-state index < -0.39 is 17.5 Å². The van der Waals surface area contributed by atoms with E-state index in [4.69, 9.17) is 0 Å². The van der Waals surface area contributed by atoms with Gasteiger partial charge in [0.25, 0.3) is 0 Å². The highest BCUT2D eigenvalue weighted by Gasteiger charge is 2.33. The summed E-state index contributed by atoms with van der Waals surface area (Å²) in [6.07, 6.45) is -4.51. The third-order valence-corrected chi connectivity index (χ3v) is 2.08. The van der Waals surface area contributed by atoms with Crippen LogP contribution in [0.3, 0.4) is 0 Å². The van der Waals surface area contributed by atoms with E-state index in [1.54, 1.807) is 0 Å². The number of rotatable bonds is 3. The lowest BCUT2D eigenvalue weighted by Gasteiger charge is -2.12. The predicted octanol–water partition coefficient (Wildman–Crippen LogP) is 2.91. The van der Waals surface area contributed by atoms with Crippen LogP contribution in [0, 0.1) is 0 Å². The van der Waals surface area contributed by atoms with Gasteiger partial charge in [-0.2, -0.15) is 13.2 Å². The summed E-state index contributed by atoms with van der Waals surface area (Å²) in [5, 5.41) is 12.3. The van der Waals surface area contributed by atoms with Crippen LogP contribution >= 0.6 is 0 Å². The Hall–Kier alpha value is -1.23. The third-order valence-electron chi connectivity index (χ3n) is 2.08. The molecule has 0 spiro atoms. The number of phenolic OH excluding ortho intramolecular Hbond substituents is 1. The third kappa shape index (κ3) is 3.41. The van der Waals surface area contributed by atoms with Crippen molar-refractivity contribution < 1.29 is 18.3 Å². The fraction of sp³-hybridized carbons (Fsp3) is 0.455. The van der Waals surface area contributed by atoms with Gasteiger partial charge in [0.1, 0.15) is 5.75 Å². The first-order valence-electron chi connectivity index (χ1n) is 4.93. The van der Waals surface area contributed by atoms with Gasteiger partial charge in [-0.3, -0.25) is 0 Å². The summed E-state index contributed by atoms with van der Waals surface area (Å²) >= 11 is 0. The molecule has 5 heteroatoms. The van der Waals surface area contributed by atoms with Crippen LogP contribution in [0.5, 0.6) is 5.75 Å². The molecule has 0 fully saturated rings. The summed E-state index contributed by atoms with van der Waals surface area (Å²) < 4.78 is 37.0. The Morgan fingerprint density at radius 3 is 2.38 bits per heavy atom. The number of hydrogen-bond acceptors (Lipinski definition) is 2. The van der Waals surface area contributed by atoms with Crippen molar-refractivity contribution in [3.63, 3.8) is 0 Å². The molecule has 0 aliphatic rings. The average Bonchev–Trinajstić information content (AvgIpc) is 2.12. The standard InChI is InChI=1S/C11H14F3NO/c1-7(2)15-6-8-3-4-9(10(16)5-8)11(12,13)14/h3-5,7,15-16H,6H2,1-2H3. The van der Waals surface area contributed by atoms with E-state index in [0.717, 1.165) is 12.1 Å². The van der Waals surface area contributed by atoms with Crippen LogP contribution in [0.2, 0.25) is 0 Å². The maximum Gasteiger partial charge on any atom is 0.419 e. The Kier molecular flexibility index (Phi) is 3.80. The molecule has 2 nitrogen and oxygen atoms in total. The average molecular weight is 233 g/mol. The minimum absolute atomic E-state index is 0.240. The van der Waals surface area contributed by atoms with Gasteiger partial charge in [0.15, 0.2) is 0 Å². The lowest BCUT2D eigenvalue weighted by molar-refractivity contribution is -0.138. The Labute approximate surface area is 92.1 Å². The van der Waals surface area contributed by atoms with Crippen molar-refractivity contribution in [1.29, 1.82) is 0 Å². The monoisotopic (exact) mass is 233 g/mol. The van der Waals surface area contributed by atoms with Crippen molar-refractivity contribution in [2.75, 3.05) is 0 Å². The highest BCUT2D eigenvalue weighted by atomic mass is 19.4. The second-order valence-electron chi connectivity index (χ2n) is 3.88. The summed E-state index contributed by atoms with van der Waals surface area (Å²) in [6, 6.07) is 3.63. The summed E-state index contributed by atoms with van der Waals surface area (Å²) in [4.78, 5) is 0. The zero-order chi connectivity index (χ0) is 12.3. The molecule has 0 radical (unpaired) electrons. The predicted molar refractivity (Wildman–Crippen MR) is 55.1 cm³/mol. The van der Waals surface area contributed by atoms with E-state index in [0.29, 0.717) is 12.1 Å². The molecular weight excluding hydrogens is 219 g/mol. The molecule has 0 heterocycles. The van der Waals surface area contributed by atoms with Gasteiger partial charge in [-0.1, -0.05) is 19.9 Å². The topological polar surface area (TPSA) is 32.3 Å². The first-order chi connectivity index (χ1) is 7.30. The minimum Gasteiger partial charge on any atom is -0.507 e. The highest BCUT2D eigenvalue weighted by Crippen LogP contribution is 2.35. The van der Waals surface area contributed by atoms with E-state index in [-0.39, 0.29) is 6.04 Å². The van der Waals surface area contributed by atoms with Gasteiger partial charge in [0, 0.05) is 12.6 Å². The number of hydrogen-bond donors (Lipinski definition) is 2. The molecule has 90 valence electrons. The molecule has 0 unspecified atom stereocenters. The fourth-order valence-electron chi connectivity index (χ4n) is 1.25. The molecule has 0 aromatic heterocycles. The molecule has 1 aromatic rings. The zero-order valence-corrected chi connectivity index (χ0v) is 9.10. The number of halogens is 3. The maximum absolute atomic E-state index is 12.3. The fourth-order valence-corrected chi connectivity index (χ4v) is 1.25. The maximum atomic E-state index is 12.3. The van der Waals surface area contributed by atoms with Gasteiger partial charge in [-0.05, 0) is 17.7 Å². The van der Waals surface area contributed by atoms with Gasteiger partial charge in [-0.15, -0.1) is 0 Å². The van der Waals surface area contributed by atoms with Crippen molar-refractivity contribution in [1.82, 2.24) is 5.32 Å². The molecule has 16 heavy (non-hydrogen) atoms. The molecule has 1 aromatic carbocycles. The van der Waals surface area contributed by atoms with E-state index in [9.17, 15) is 18.3 Å². The molecular formula is C11H14F3NO. The highest BCUT2D eigenvalue weighted by molar-refractivity contribution is 5.38. The zero-order valence-electron chi connectivity index (χ0n) is 9.10. The van der Waals surface area contributed by atoms with Crippen LogP contribution in [0.4, 0.5) is 13.2 Å². The van der Waals surface area contributed by atoms with Crippen LogP contribution < -0.4 is 5.32 Å². The quantitative estimate of drug-likeness (QED) is 0.841. The lowest BCUT2D eigenvalue weighted by Crippen LogP contribution is -2.21. The first kappa shape index (κ1) is 12.8. The second-order valence-corrected chi connectivity index (χ2v) is 3.88. The molecule has 0 saturated heterocycles. The Morgan fingerprint density at radius 1 is 1.31 bits per heavy atom. The van der Waals surface area contributed by atoms with E-state index in [1.807, 2.05) is 13.8 Å². The molecule has 0 aliphatic heterocycles. The van der Waals surface area contributed by atoms with Crippen LogP contribution in [-0.2, 0) is 12.7 Å². The number of benzene rings is 1. The Balaban J connectivity index is 2.83. The van der Waals surface area contributed by atoms with Gasteiger partial charge < -0.3 is 10.4 Å². The van der Waals surface area contributed by atoms with Gasteiger partial charge in [0.05, 0.1) is 5.56 Å². The molecule has 0 atom stereocenters. The summed E-state index contributed by atoms with van der Waals surface area (Å²) in [5.41, 5.74) is -0.375. The van der Waals surface area contributed by atoms with Crippen LogP contribution in [0.1, 0.15) is 25.0 Å². The van der Waals surface area contributed by atoms with Gasteiger partial charge >= 0.3 is 6.18 Å². The lowest BCUT2D eigenvalue weighted by atomic mass is 10.1. The molecule has 0 bridgehead atoms. The van der Waals surface area contributed by atoms with Gasteiger partial charge in [-0.25, -0.2) is 0 Å². The van der Waals surface area contributed by atoms with Crippen molar-refractivity contribution in [3.05, 3.63) is 29.3 Å². The molecule has 1 rings (SSSR count). The van der Waals surface area contributed by atoms with Crippen molar-refractivity contribution in [3.8, 4) is 5.75 Å². The number of aromatic hydroxyl groups is 1. The number of phenols is 1. The molecule has 0 amide bonds.